The minimum atomic E-state index is -0.714. The number of thioether (sulfide) groups is 1. The van der Waals surface area contributed by atoms with Gasteiger partial charge in [-0.15, -0.1) is 11.8 Å². The zero-order valence-electron chi connectivity index (χ0n) is 4.58. The third kappa shape index (κ3) is 1.71. The molecule has 0 saturated carbocycles. The lowest BCUT2D eigenvalue weighted by molar-refractivity contribution is -0.139. The van der Waals surface area contributed by atoms with Crippen molar-refractivity contribution in [2.45, 2.75) is 6.04 Å². The molecule has 1 saturated heterocycles. The van der Waals surface area contributed by atoms with Crippen molar-refractivity contribution in [3.05, 3.63) is 0 Å². The van der Waals surface area contributed by atoms with Crippen LogP contribution in [0, 0.1) is 0 Å². The lowest BCUT2D eigenvalue weighted by Gasteiger charge is -2.09. The summed E-state index contributed by atoms with van der Waals surface area (Å²) < 4.78 is 1.81. The zero-order chi connectivity index (χ0) is 6.85. The molecule has 0 bridgehead atoms. The van der Waals surface area contributed by atoms with Crippen molar-refractivity contribution in [2.24, 2.45) is 0 Å². The first-order valence-electron chi connectivity index (χ1n) is 2.45. The molecule has 0 radical (unpaired) electrons. The van der Waals surface area contributed by atoms with Gasteiger partial charge >= 0.3 is 5.97 Å². The van der Waals surface area contributed by atoms with Crippen molar-refractivity contribution in [1.82, 2.24) is 3.11 Å². The molecule has 5 heteroatoms. The van der Waals surface area contributed by atoms with Crippen LogP contribution in [0.2, 0.25) is 0 Å². The topological polar surface area (TPSA) is 40.5 Å². The van der Waals surface area contributed by atoms with Crippen LogP contribution < -0.4 is 0 Å². The lowest BCUT2D eigenvalue weighted by Crippen LogP contribution is -2.30. The summed E-state index contributed by atoms with van der Waals surface area (Å²) >= 11 is 3.70. The van der Waals surface area contributed by atoms with Crippen LogP contribution in [0.4, 0.5) is 0 Å². The molecule has 1 aliphatic rings. The Hall–Kier alpha value is 0.510. The molecule has 1 rings (SSSR count). The van der Waals surface area contributed by atoms with Gasteiger partial charge in [-0.05, 0) is 0 Å². The van der Waals surface area contributed by atoms with E-state index in [1.165, 1.54) is 0 Å². The molecular weight excluding hydrogens is 253 g/mol. The van der Waals surface area contributed by atoms with Crippen LogP contribution in [-0.4, -0.2) is 31.9 Å². The summed E-state index contributed by atoms with van der Waals surface area (Å²) in [5.74, 6) is 0.838. The van der Waals surface area contributed by atoms with Gasteiger partial charge in [0, 0.05) is 28.6 Å². The third-order valence-electron chi connectivity index (χ3n) is 1.11. The van der Waals surface area contributed by atoms with Gasteiger partial charge in [0.05, 0.1) is 5.88 Å². The first-order valence-corrected chi connectivity index (χ1v) is 4.57. The Morgan fingerprint density at radius 1 is 1.89 bits per heavy atom. The number of nitrogens with zero attached hydrogens (tertiary/aromatic N) is 1. The van der Waals surface area contributed by atoms with Crippen molar-refractivity contribution in [2.75, 3.05) is 11.6 Å². The summed E-state index contributed by atoms with van der Waals surface area (Å²) in [4.78, 5) is 10.4. The lowest BCUT2D eigenvalue weighted by atomic mass is 10.4. The van der Waals surface area contributed by atoms with Crippen LogP contribution in [0.1, 0.15) is 0 Å². The highest BCUT2D eigenvalue weighted by atomic mass is 127. The van der Waals surface area contributed by atoms with E-state index in [0.29, 0.717) is 0 Å². The fourth-order valence-corrected chi connectivity index (χ4v) is 2.91. The molecule has 1 aliphatic heterocycles. The fraction of sp³-hybridized carbons (Fsp3) is 0.750. The summed E-state index contributed by atoms with van der Waals surface area (Å²) in [5.41, 5.74) is 0. The number of hydrogen-bond donors (Lipinski definition) is 1. The number of carboxylic acid groups (broad SMARTS) is 1. The number of carboxylic acids is 1. The Balaban J connectivity index is 2.49. The van der Waals surface area contributed by atoms with E-state index in [1.807, 2.05) is 26.0 Å². The van der Waals surface area contributed by atoms with Crippen molar-refractivity contribution in [3.8, 4) is 0 Å². The highest BCUT2D eigenvalue weighted by Crippen LogP contribution is 2.23. The van der Waals surface area contributed by atoms with Gasteiger partial charge in [-0.1, -0.05) is 0 Å². The van der Waals surface area contributed by atoms with Gasteiger partial charge in [0.15, 0.2) is 0 Å². The summed E-state index contributed by atoms with van der Waals surface area (Å²) in [6, 6.07) is -0.268. The zero-order valence-corrected chi connectivity index (χ0v) is 7.55. The molecule has 0 unspecified atom stereocenters. The normalized spacial score (nSPS) is 28.8. The second kappa shape index (κ2) is 3.07. The average Bonchev–Trinajstić information content (AvgIpc) is 2.13. The molecule has 0 amide bonds. The maximum Gasteiger partial charge on any atom is 0.322 e. The highest BCUT2D eigenvalue weighted by molar-refractivity contribution is 14.1. The fourth-order valence-electron chi connectivity index (χ4n) is 0.614. The van der Waals surface area contributed by atoms with Crippen molar-refractivity contribution < 1.29 is 9.90 Å². The van der Waals surface area contributed by atoms with Crippen molar-refractivity contribution >= 4 is 40.6 Å². The Morgan fingerprint density at radius 3 is 2.78 bits per heavy atom. The Bertz CT molecular complexity index is 132. The quantitative estimate of drug-likeness (QED) is 0.558. The number of hydrogen-bond acceptors (Lipinski definition) is 3. The minimum Gasteiger partial charge on any atom is -0.480 e. The molecule has 1 fully saturated rings. The van der Waals surface area contributed by atoms with E-state index in [2.05, 4.69) is 0 Å². The monoisotopic (exact) mass is 259 g/mol. The largest absolute Gasteiger partial charge is 0.480 e. The molecule has 0 aromatic heterocycles. The first-order chi connectivity index (χ1) is 4.22. The third-order valence-corrected chi connectivity index (χ3v) is 3.60. The maximum absolute atomic E-state index is 10.4. The summed E-state index contributed by atoms with van der Waals surface area (Å²) in [5, 5.41) is 8.52. The van der Waals surface area contributed by atoms with E-state index in [4.69, 9.17) is 5.11 Å². The Labute approximate surface area is 71.3 Å². The molecule has 3 nitrogen and oxygen atoms in total. The van der Waals surface area contributed by atoms with Crippen LogP contribution in [0.3, 0.4) is 0 Å². The summed E-state index contributed by atoms with van der Waals surface area (Å²) in [6.45, 7) is 0. The van der Waals surface area contributed by atoms with Crippen LogP contribution in [-0.2, 0) is 4.79 Å². The predicted octanol–water partition coefficient (Wildman–Crippen LogP) is 0.796. The van der Waals surface area contributed by atoms with E-state index in [9.17, 15) is 4.79 Å². The van der Waals surface area contributed by atoms with Gasteiger partial charge in [-0.2, -0.15) is 0 Å². The predicted molar refractivity (Wildman–Crippen MR) is 44.6 cm³/mol. The summed E-state index contributed by atoms with van der Waals surface area (Å²) in [6.07, 6.45) is 0. The molecule has 1 N–H and O–H groups in total. The minimum absolute atomic E-state index is 0.268. The molecule has 0 aromatic rings. The molecule has 52 valence electrons. The van der Waals surface area contributed by atoms with E-state index < -0.39 is 5.97 Å². The first kappa shape index (κ1) is 7.62. The van der Waals surface area contributed by atoms with Crippen molar-refractivity contribution in [3.63, 3.8) is 0 Å². The second-order valence-corrected chi connectivity index (χ2v) is 3.99. The second-order valence-electron chi connectivity index (χ2n) is 1.75. The Morgan fingerprint density at radius 2 is 2.56 bits per heavy atom. The average molecular weight is 259 g/mol. The van der Waals surface area contributed by atoms with Gasteiger partial charge < -0.3 is 5.11 Å². The number of aliphatic carboxylic acids is 1. The van der Waals surface area contributed by atoms with Gasteiger partial charge in [0.1, 0.15) is 6.04 Å². The highest BCUT2D eigenvalue weighted by Gasteiger charge is 2.28. The van der Waals surface area contributed by atoms with E-state index in [0.717, 1.165) is 11.6 Å². The smallest absolute Gasteiger partial charge is 0.322 e. The van der Waals surface area contributed by atoms with E-state index >= 15 is 0 Å². The van der Waals surface area contributed by atoms with E-state index in [1.54, 1.807) is 11.8 Å². The van der Waals surface area contributed by atoms with Crippen LogP contribution in [0.15, 0.2) is 0 Å². The number of rotatable bonds is 1. The van der Waals surface area contributed by atoms with Crippen molar-refractivity contribution in [1.29, 1.82) is 0 Å². The van der Waals surface area contributed by atoms with Crippen LogP contribution in [0.25, 0.3) is 0 Å². The maximum atomic E-state index is 10.4. The van der Waals surface area contributed by atoms with Crippen LogP contribution in [0.5, 0.6) is 0 Å². The molecule has 1 heterocycles. The summed E-state index contributed by atoms with van der Waals surface area (Å²) in [7, 11) is 0. The van der Waals surface area contributed by atoms with Gasteiger partial charge in [-0.3, -0.25) is 4.79 Å². The van der Waals surface area contributed by atoms with Gasteiger partial charge in [0.25, 0.3) is 0 Å². The molecule has 1 atom stereocenters. The van der Waals surface area contributed by atoms with Crippen LogP contribution >= 0.6 is 34.6 Å². The van der Waals surface area contributed by atoms with E-state index in [-0.39, 0.29) is 6.04 Å². The van der Waals surface area contributed by atoms with Gasteiger partial charge in [0.2, 0.25) is 0 Å². The Kier molecular flexibility index (Phi) is 2.59. The van der Waals surface area contributed by atoms with Gasteiger partial charge in [-0.25, -0.2) is 3.11 Å². The standard InChI is InChI=1S/C4H6INO2S/c5-6-2-9-1-3(6)4(7)8/h3H,1-2H2,(H,7,8)/t3-/m0/s1. The molecular formula is C4H6INO2S. The number of halogens is 1. The SMILES string of the molecule is O=C(O)[C@@H]1CSCN1I. The molecule has 0 spiro atoms. The molecule has 0 aliphatic carbocycles. The molecule has 0 aromatic carbocycles. The number of carbonyl (C=O) groups is 1. The molecule has 9 heavy (non-hydrogen) atoms.